The van der Waals surface area contributed by atoms with Crippen molar-refractivity contribution in [1.82, 2.24) is 0 Å². The molecule has 1 saturated carbocycles. The van der Waals surface area contributed by atoms with Crippen LogP contribution in [0.5, 0.6) is 0 Å². The number of hydrogen-bond acceptors (Lipinski definition) is 3. The van der Waals surface area contributed by atoms with E-state index in [0.29, 0.717) is 12.3 Å². The Kier molecular flexibility index (Phi) is 4.27. The van der Waals surface area contributed by atoms with Gasteiger partial charge in [-0.05, 0) is 25.2 Å². The summed E-state index contributed by atoms with van der Waals surface area (Å²) in [6.07, 6.45) is 5.30. The lowest BCUT2D eigenvalue weighted by molar-refractivity contribution is -0.148. The average molecular weight is 224 g/mol. The number of ketones is 1. The maximum absolute atomic E-state index is 12.0. The van der Waals surface area contributed by atoms with Gasteiger partial charge in [-0.2, -0.15) is 0 Å². The molecule has 2 unspecified atom stereocenters. The van der Waals surface area contributed by atoms with E-state index < -0.39 is 5.41 Å². The van der Waals surface area contributed by atoms with Crippen molar-refractivity contribution in [2.24, 2.45) is 11.3 Å². The maximum atomic E-state index is 12.0. The Balaban J connectivity index is 2.60. The smallest absolute Gasteiger partial charge is 0.306 e. The van der Waals surface area contributed by atoms with Crippen molar-refractivity contribution in [3.8, 4) is 0 Å². The zero-order valence-corrected chi connectivity index (χ0v) is 10.1. The number of methoxy groups -OCH3 is 1. The Morgan fingerprint density at radius 2 is 2.38 bits per heavy atom. The monoisotopic (exact) mass is 224 g/mol. The second-order valence-electron chi connectivity index (χ2n) is 4.87. The van der Waals surface area contributed by atoms with Crippen LogP contribution in [0.15, 0.2) is 12.7 Å². The second-order valence-corrected chi connectivity index (χ2v) is 4.87. The highest BCUT2D eigenvalue weighted by Gasteiger charge is 2.40. The van der Waals surface area contributed by atoms with E-state index >= 15 is 0 Å². The molecule has 0 N–H and O–H groups in total. The number of esters is 1. The minimum atomic E-state index is -0.509. The van der Waals surface area contributed by atoms with Gasteiger partial charge < -0.3 is 4.74 Å². The molecule has 0 radical (unpaired) electrons. The van der Waals surface area contributed by atoms with E-state index in [4.69, 9.17) is 0 Å². The SMILES string of the molecule is C=CCC1CCC(C)(CC(=O)OC)C(=O)C1. The molecule has 0 bridgehead atoms. The first-order valence-electron chi connectivity index (χ1n) is 5.73. The summed E-state index contributed by atoms with van der Waals surface area (Å²) in [6.45, 7) is 5.56. The Labute approximate surface area is 96.9 Å². The van der Waals surface area contributed by atoms with Crippen LogP contribution < -0.4 is 0 Å². The molecule has 1 aliphatic carbocycles. The Hall–Kier alpha value is -1.12. The molecule has 1 fully saturated rings. The molecule has 3 nitrogen and oxygen atoms in total. The highest BCUT2D eigenvalue weighted by molar-refractivity contribution is 5.89. The summed E-state index contributed by atoms with van der Waals surface area (Å²) >= 11 is 0. The third-order valence-electron chi connectivity index (χ3n) is 3.51. The van der Waals surface area contributed by atoms with Gasteiger partial charge in [0.1, 0.15) is 5.78 Å². The van der Waals surface area contributed by atoms with Crippen LogP contribution in [0.4, 0.5) is 0 Å². The van der Waals surface area contributed by atoms with Crippen molar-refractivity contribution >= 4 is 11.8 Å². The van der Waals surface area contributed by atoms with Gasteiger partial charge in [0, 0.05) is 11.8 Å². The van der Waals surface area contributed by atoms with Gasteiger partial charge in [-0.1, -0.05) is 13.0 Å². The van der Waals surface area contributed by atoms with Crippen molar-refractivity contribution in [3.63, 3.8) is 0 Å². The van der Waals surface area contributed by atoms with Crippen molar-refractivity contribution in [1.29, 1.82) is 0 Å². The summed E-state index contributed by atoms with van der Waals surface area (Å²) in [6, 6.07) is 0. The van der Waals surface area contributed by atoms with Crippen LogP contribution in [0.2, 0.25) is 0 Å². The van der Waals surface area contributed by atoms with Gasteiger partial charge in [0.15, 0.2) is 0 Å². The Morgan fingerprint density at radius 1 is 1.69 bits per heavy atom. The predicted molar refractivity (Wildman–Crippen MR) is 61.9 cm³/mol. The minimum Gasteiger partial charge on any atom is -0.469 e. The number of carbonyl (C=O) groups is 2. The lowest BCUT2D eigenvalue weighted by Crippen LogP contribution is -2.36. The zero-order valence-electron chi connectivity index (χ0n) is 10.1. The van der Waals surface area contributed by atoms with Crippen LogP contribution in [0, 0.1) is 11.3 Å². The Bertz CT molecular complexity index is 296. The summed E-state index contributed by atoms with van der Waals surface area (Å²) in [4.78, 5) is 23.3. The van der Waals surface area contributed by atoms with Crippen LogP contribution in [0.3, 0.4) is 0 Å². The number of Topliss-reactive ketones (excluding diaryl/α,β-unsaturated/α-hetero) is 1. The third kappa shape index (κ3) is 2.94. The van der Waals surface area contributed by atoms with Crippen LogP contribution in [-0.4, -0.2) is 18.9 Å². The molecule has 90 valence electrons. The first-order chi connectivity index (χ1) is 7.51. The number of rotatable bonds is 4. The molecule has 1 rings (SSSR count). The van der Waals surface area contributed by atoms with E-state index in [9.17, 15) is 9.59 Å². The number of hydrogen-bond donors (Lipinski definition) is 0. The van der Waals surface area contributed by atoms with Crippen LogP contribution in [0.25, 0.3) is 0 Å². The largest absolute Gasteiger partial charge is 0.469 e. The molecule has 0 spiro atoms. The molecule has 0 amide bonds. The lowest BCUT2D eigenvalue weighted by atomic mass is 9.68. The maximum Gasteiger partial charge on any atom is 0.306 e. The fraction of sp³-hybridized carbons (Fsp3) is 0.692. The molecule has 0 aliphatic heterocycles. The molecule has 3 heteroatoms. The molecule has 2 atom stereocenters. The van der Waals surface area contributed by atoms with Crippen molar-refractivity contribution in [2.75, 3.05) is 7.11 Å². The number of carbonyl (C=O) groups excluding carboxylic acids is 2. The van der Waals surface area contributed by atoms with Crippen molar-refractivity contribution in [2.45, 2.75) is 39.0 Å². The number of ether oxygens (including phenoxy) is 1. The van der Waals surface area contributed by atoms with E-state index in [2.05, 4.69) is 11.3 Å². The fourth-order valence-corrected chi connectivity index (χ4v) is 2.29. The molecule has 0 saturated heterocycles. The highest BCUT2D eigenvalue weighted by atomic mass is 16.5. The van der Waals surface area contributed by atoms with E-state index in [1.807, 2.05) is 13.0 Å². The quantitative estimate of drug-likeness (QED) is 0.544. The van der Waals surface area contributed by atoms with Gasteiger partial charge >= 0.3 is 5.97 Å². The van der Waals surface area contributed by atoms with Crippen molar-refractivity contribution in [3.05, 3.63) is 12.7 Å². The third-order valence-corrected chi connectivity index (χ3v) is 3.51. The summed E-state index contributed by atoms with van der Waals surface area (Å²) in [5.41, 5.74) is -0.509. The minimum absolute atomic E-state index is 0.191. The van der Waals surface area contributed by atoms with E-state index in [-0.39, 0.29) is 18.2 Å². The molecular weight excluding hydrogens is 204 g/mol. The molecule has 0 aromatic carbocycles. The standard InChI is InChI=1S/C13H20O3/c1-4-5-10-6-7-13(2,11(14)8-10)9-12(15)16-3/h4,10H,1,5-9H2,2-3H3. The van der Waals surface area contributed by atoms with Gasteiger partial charge in [0.25, 0.3) is 0 Å². The first-order valence-corrected chi connectivity index (χ1v) is 5.73. The molecule has 0 aromatic heterocycles. The average Bonchev–Trinajstić information content (AvgIpc) is 2.24. The van der Waals surface area contributed by atoms with Gasteiger partial charge in [0.2, 0.25) is 0 Å². The normalized spacial score (nSPS) is 29.9. The van der Waals surface area contributed by atoms with Crippen LogP contribution >= 0.6 is 0 Å². The topological polar surface area (TPSA) is 43.4 Å². The molecular formula is C13H20O3. The summed E-state index contributed by atoms with van der Waals surface area (Å²) in [5, 5.41) is 0. The first kappa shape index (κ1) is 12.9. The van der Waals surface area contributed by atoms with Gasteiger partial charge in [0.05, 0.1) is 13.5 Å². The van der Waals surface area contributed by atoms with Gasteiger partial charge in [-0.3, -0.25) is 9.59 Å². The van der Waals surface area contributed by atoms with Crippen LogP contribution in [-0.2, 0) is 14.3 Å². The summed E-state index contributed by atoms with van der Waals surface area (Å²) < 4.78 is 4.63. The number of allylic oxidation sites excluding steroid dienone is 1. The zero-order chi connectivity index (χ0) is 12.2. The summed E-state index contributed by atoms with van der Waals surface area (Å²) in [7, 11) is 1.36. The summed E-state index contributed by atoms with van der Waals surface area (Å²) in [5.74, 6) is 0.310. The second kappa shape index (κ2) is 5.28. The molecule has 1 aliphatic rings. The van der Waals surface area contributed by atoms with E-state index in [0.717, 1.165) is 19.3 Å². The highest BCUT2D eigenvalue weighted by Crippen LogP contribution is 2.39. The van der Waals surface area contributed by atoms with E-state index in [1.165, 1.54) is 7.11 Å². The lowest BCUT2D eigenvalue weighted by Gasteiger charge is -2.34. The van der Waals surface area contributed by atoms with Gasteiger partial charge in [-0.15, -0.1) is 6.58 Å². The van der Waals surface area contributed by atoms with Crippen LogP contribution in [0.1, 0.15) is 39.0 Å². The van der Waals surface area contributed by atoms with Crippen molar-refractivity contribution < 1.29 is 14.3 Å². The predicted octanol–water partition coefficient (Wildman–Crippen LogP) is 2.50. The fourth-order valence-electron chi connectivity index (χ4n) is 2.29. The van der Waals surface area contributed by atoms with E-state index in [1.54, 1.807) is 0 Å². The molecule has 0 heterocycles. The van der Waals surface area contributed by atoms with Gasteiger partial charge in [-0.25, -0.2) is 0 Å². The Morgan fingerprint density at radius 3 is 2.88 bits per heavy atom. The molecule has 0 aromatic rings. The molecule has 16 heavy (non-hydrogen) atoms.